The van der Waals surface area contributed by atoms with E-state index in [1.807, 2.05) is 13.8 Å². The van der Waals surface area contributed by atoms with Gasteiger partial charge in [-0.05, 0) is 24.3 Å². The molecule has 0 saturated heterocycles. The van der Waals surface area contributed by atoms with Crippen molar-refractivity contribution in [3.63, 3.8) is 0 Å². The lowest BCUT2D eigenvalue weighted by Crippen LogP contribution is -2.31. The highest BCUT2D eigenvalue weighted by molar-refractivity contribution is 5.97. The van der Waals surface area contributed by atoms with E-state index in [9.17, 15) is 20.0 Å². The number of para-hydroxylation sites is 1. The Morgan fingerprint density at radius 1 is 1.50 bits per heavy atom. The van der Waals surface area contributed by atoms with Crippen molar-refractivity contribution in [2.75, 3.05) is 5.32 Å². The van der Waals surface area contributed by atoms with Gasteiger partial charge in [0.15, 0.2) is 5.69 Å². The topological polar surface area (TPSA) is 92.5 Å². The average molecular weight is 278 g/mol. The van der Waals surface area contributed by atoms with Crippen LogP contribution in [0.15, 0.2) is 18.2 Å². The number of nitro benzene ring substituents is 1. The van der Waals surface area contributed by atoms with Crippen molar-refractivity contribution in [2.45, 2.75) is 33.1 Å². The van der Waals surface area contributed by atoms with Crippen LogP contribution in [-0.2, 0) is 4.79 Å². The molecule has 2 N–H and O–H groups in total. The normalized spacial score (nSPS) is 20.6. The predicted octanol–water partition coefficient (Wildman–Crippen LogP) is 3.07. The minimum Gasteiger partial charge on any atom is -0.505 e. The van der Waals surface area contributed by atoms with Gasteiger partial charge >= 0.3 is 0 Å². The fourth-order valence-corrected chi connectivity index (χ4v) is 2.83. The van der Waals surface area contributed by atoms with Crippen molar-refractivity contribution in [1.82, 2.24) is 0 Å². The van der Waals surface area contributed by atoms with Gasteiger partial charge in [-0.3, -0.25) is 14.9 Å². The maximum atomic E-state index is 12.3. The first-order chi connectivity index (χ1) is 9.33. The molecule has 1 atom stereocenters. The van der Waals surface area contributed by atoms with Gasteiger partial charge in [-0.2, -0.15) is 0 Å². The summed E-state index contributed by atoms with van der Waals surface area (Å²) in [5.41, 5.74) is -0.539. The molecule has 2 rings (SSSR count). The van der Waals surface area contributed by atoms with Gasteiger partial charge in [0.1, 0.15) is 5.75 Å². The fourth-order valence-electron chi connectivity index (χ4n) is 2.83. The second kappa shape index (κ2) is 5.11. The Labute approximate surface area is 117 Å². The number of carbonyl (C=O) groups is 1. The molecule has 1 aliphatic carbocycles. The summed E-state index contributed by atoms with van der Waals surface area (Å²) in [5, 5.41) is 23.2. The van der Waals surface area contributed by atoms with Crippen molar-refractivity contribution >= 4 is 17.3 Å². The number of amides is 1. The molecule has 108 valence electrons. The summed E-state index contributed by atoms with van der Waals surface area (Å²) < 4.78 is 0. The van der Waals surface area contributed by atoms with E-state index in [-0.39, 0.29) is 34.4 Å². The van der Waals surface area contributed by atoms with Crippen molar-refractivity contribution in [2.24, 2.45) is 11.3 Å². The lowest BCUT2D eigenvalue weighted by atomic mass is 9.81. The molecule has 0 bridgehead atoms. The van der Waals surface area contributed by atoms with E-state index in [4.69, 9.17) is 0 Å². The smallest absolute Gasteiger partial charge is 0.296 e. The molecule has 0 spiro atoms. The van der Waals surface area contributed by atoms with Crippen molar-refractivity contribution in [3.05, 3.63) is 28.3 Å². The van der Waals surface area contributed by atoms with Gasteiger partial charge in [-0.1, -0.05) is 26.3 Å². The number of nitrogens with one attached hydrogen (secondary N) is 1. The Balaban J connectivity index is 2.26. The van der Waals surface area contributed by atoms with Crippen molar-refractivity contribution in [3.8, 4) is 5.75 Å². The monoisotopic (exact) mass is 278 g/mol. The molecule has 6 heteroatoms. The number of hydrogen-bond acceptors (Lipinski definition) is 4. The van der Waals surface area contributed by atoms with Gasteiger partial charge in [0.25, 0.3) is 5.69 Å². The number of aromatic hydroxyl groups is 1. The first kappa shape index (κ1) is 14.3. The molecular formula is C14H18N2O4. The molecule has 0 heterocycles. The zero-order valence-corrected chi connectivity index (χ0v) is 11.5. The molecule has 6 nitrogen and oxygen atoms in total. The first-order valence-corrected chi connectivity index (χ1v) is 6.60. The van der Waals surface area contributed by atoms with E-state index < -0.39 is 4.92 Å². The zero-order chi connectivity index (χ0) is 14.9. The minimum absolute atomic E-state index is 0.120. The van der Waals surface area contributed by atoms with Crippen LogP contribution in [0.3, 0.4) is 0 Å². The summed E-state index contributed by atoms with van der Waals surface area (Å²) >= 11 is 0. The van der Waals surface area contributed by atoms with Crippen LogP contribution in [0.1, 0.15) is 33.1 Å². The molecular weight excluding hydrogens is 260 g/mol. The summed E-state index contributed by atoms with van der Waals surface area (Å²) in [4.78, 5) is 22.6. The number of phenolic OH excluding ortho intramolecular Hbond substituents is 1. The second-order valence-corrected chi connectivity index (χ2v) is 5.85. The molecule has 1 aromatic rings. The number of nitrogens with zero attached hydrogens (tertiary/aromatic N) is 1. The quantitative estimate of drug-likeness (QED) is 0.505. The SMILES string of the molecule is CC1(C)CCCC1C(=O)Nc1c(O)cccc1[N+](=O)[O-]. The molecule has 0 aromatic heterocycles. The van der Waals surface area contributed by atoms with E-state index in [0.29, 0.717) is 0 Å². The minimum atomic E-state index is -0.616. The van der Waals surface area contributed by atoms with Gasteiger partial charge < -0.3 is 10.4 Å². The van der Waals surface area contributed by atoms with E-state index in [1.54, 1.807) is 0 Å². The summed E-state index contributed by atoms with van der Waals surface area (Å²) in [5.74, 6) is -0.748. The molecule has 1 aromatic carbocycles. The third-order valence-corrected chi connectivity index (χ3v) is 4.04. The predicted molar refractivity (Wildman–Crippen MR) is 74.5 cm³/mol. The lowest BCUT2D eigenvalue weighted by molar-refractivity contribution is -0.384. The first-order valence-electron chi connectivity index (χ1n) is 6.60. The maximum absolute atomic E-state index is 12.3. The van der Waals surface area contributed by atoms with Crippen LogP contribution < -0.4 is 5.32 Å². The van der Waals surface area contributed by atoms with Gasteiger partial charge in [-0.25, -0.2) is 0 Å². The van der Waals surface area contributed by atoms with Crippen LogP contribution in [-0.4, -0.2) is 15.9 Å². The number of hydrogen-bond donors (Lipinski definition) is 2. The highest BCUT2D eigenvalue weighted by Crippen LogP contribution is 2.44. The third-order valence-electron chi connectivity index (χ3n) is 4.04. The maximum Gasteiger partial charge on any atom is 0.296 e. The van der Waals surface area contributed by atoms with Crippen LogP contribution in [0.25, 0.3) is 0 Å². The molecule has 1 amide bonds. The van der Waals surface area contributed by atoms with Crippen LogP contribution in [0, 0.1) is 21.4 Å². The Morgan fingerprint density at radius 3 is 2.75 bits per heavy atom. The largest absolute Gasteiger partial charge is 0.505 e. The summed E-state index contributed by atoms with van der Waals surface area (Å²) in [7, 11) is 0. The second-order valence-electron chi connectivity index (χ2n) is 5.85. The number of nitro groups is 1. The molecule has 0 aliphatic heterocycles. The Morgan fingerprint density at radius 2 is 2.20 bits per heavy atom. The number of benzene rings is 1. The fraction of sp³-hybridized carbons (Fsp3) is 0.500. The van der Waals surface area contributed by atoms with Crippen LogP contribution >= 0.6 is 0 Å². The van der Waals surface area contributed by atoms with E-state index in [1.165, 1.54) is 18.2 Å². The van der Waals surface area contributed by atoms with E-state index >= 15 is 0 Å². The summed E-state index contributed by atoms with van der Waals surface area (Å²) in [6.45, 7) is 4.03. The van der Waals surface area contributed by atoms with Crippen molar-refractivity contribution in [1.29, 1.82) is 0 Å². The Kier molecular flexibility index (Phi) is 3.65. The van der Waals surface area contributed by atoms with E-state index in [2.05, 4.69) is 5.32 Å². The molecule has 1 aliphatic rings. The van der Waals surface area contributed by atoms with E-state index in [0.717, 1.165) is 19.3 Å². The molecule has 1 unspecified atom stereocenters. The third kappa shape index (κ3) is 2.59. The van der Waals surface area contributed by atoms with Crippen LogP contribution in [0.4, 0.5) is 11.4 Å². The number of phenols is 1. The van der Waals surface area contributed by atoms with Crippen LogP contribution in [0.5, 0.6) is 5.75 Å². The zero-order valence-electron chi connectivity index (χ0n) is 11.5. The van der Waals surface area contributed by atoms with Gasteiger partial charge in [0, 0.05) is 12.0 Å². The molecule has 0 radical (unpaired) electrons. The lowest BCUT2D eigenvalue weighted by Gasteiger charge is -2.25. The van der Waals surface area contributed by atoms with Crippen LogP contribution in [0.2, 0.25) is 0 Å². The Hall–Kier alpha value is -2.11. The highest BCUT2D eigenvalue weighted by Gasteiger charge is 2.40. The standard InChI is InChI=1S/C14H18N2O4/c1-14(2)8-4-5-9(14)13(18)15-12-10(16(19)20)6-3-7-11(12)17/h3,6-7,9,17H,4-5,8H2,1-2H3,(H,15,18). The summed E-state index contributed by atoms with van der Waals surface area (Å²) in [6.07, 6.45) is 2.68. The summed E-state index contributed by atoms with van der Waals surface area (Å²) in [6, 6.07) is 3.96. The molecule has 1 fully saturated rings. The van der Waals surface area contributed by atoms with Crippen molar-refractivity contribution < 1.29 is 14.8 Å². The number of carbonyl (C=O) groups excluding carboxylic acids is 1. The average Bonchev–Trinajstić information content (AvgIpc) is 2.71. The molecule has 1 saturated carbocycles. The highest BCUT2D eigenvalue weighted by atomic mass is 16.6. The Bertz CT molecular complexity index is 554. The number of rotatable bonds is 3. The number of anilines is 1. The van der Waals surface area contributed by atoms with Gasteiger partial charge in [-0.15, -0.1) is 0 Å². The molecule has 20 heavy (non-hydrogen) atoms. The van der Waals surface area contributed by atoms with Gasteiger partial charge in [0.05, 0.1) is 4.92 Å². The van der Waals surface area contributed by atoms with Gasteiger partial charge in [0.2, 0.25) is 5.91 Å².